The first kappa shape index (κ1) is 30.2. The molecule has 0 radical (unpaired) electrons. The van der Waals surface area contributed by atoms with Gasteiger partial charge in [0.1, 0.15) is 0 Å². The van der Waals surface area contributed by atoms with Gasteiger partial charge in [-0.3, -0.25) is 4.79 Å². The summed E-state index contributed by atoms with van der Waals surface area (Å²) in [7, 11) is 0. The third kappa shape index (κ3) is 12.6. The minimum Gasteiger partial charge on any atom is -0.481 e. The van der Waals surface area contributed by atoms with E-state index in [2.05, 4.69) is 78.0 Å². The Balaban J connectivity index is 2.48. The topological polar surface area (TPSA) is 37.3 Å². The summed E-state index contributed by atoms with van der Waals surface area (Å²) < 4.78 is 0. The highest BCUT2D eigenvalue weighted by Crippen LogP contribution is 2.40. The van der Waals surface area contributed by atoms with Crippen LogP contribution >= 0.6 is 0 Å². The van der Waals surface area contributed by atoms with E-state index >= 15 is 0 Å². The summed E-state index contributed by atoms with van der Waals surface area (Å²) in [4.78, 5) is 11.7. The first-order valence-corrected chi connectivity index (χ1v) is 13.8. The second kappa shape index (κ2) is 16.7. The lowest BCUT2D eigenvalue weighted by Crippen LogP contribution is -2.19. The summed E-state index contributed by atoms with van der Waals surface area (Å²) in [6, 6.07) is 0. The molecule has 0 heterocycles. The average Bonchev–Trinajstić information content (AvgIpc) is 2.76. The minimum absolute atomic E-state index is 0.265. The Hall–Kier alpha value is -1.83. The number of carboxylic acids is 1. The number of carboxylic acid groups (broad SMARTS) is 1. The molecular formula is C32H52O2. The van der Waals surface area contributed by atoms with Crippen molar-refractivity contribution in [3.63, 3.8) is 0 Å². The van der Waals surface area contributed by atoms with E-state index in [4.69, 9.17) is 0 Å². The Morgan fingerprint density at radius 3 is 2.26 bits per heavy atom. The Morgan fingerprint density at radius 2 is 1.65 bits per heavy atom. The number of hydrogen-bond acceptors (Lipinski definition) is 1. The molecule has 1 atom stereocenters. The van der Waals surface area contributed by atoms with Crippen molar-refractivity contribution in [2.24, 2.45) is 11.3 Å². The van der Waals surface area contributed by atoms with Crippen LogP contribution in [0.15, 0.2) is 58.7 Å². The fraction of sp³-hybridized carbons (Fsp3) is 0.656. The van der Waals surface area contributed by atoms with Crippen molar-refractivity contribution in [2.75, 3.05) is 0 Å². The molecule has 2 heteroatoms. The van der Waals surface area contributed by atoms with Crippen molar-refractivity contribution < 1.29 is 9.90 Å². The molecule has 0 saturated heterocycles. The predicted octanol–water partition coefficient (Wildman–Crippen LogP) is 10.1. The molecule has 1 unspecified atom stereocenters. The Kier molecular flexibility index (Phi) is 14.9. The zero-order chi connectivity index (χ0) is 25.4. The first-order chi connectivity index (χ1) is 16.2. The molecular weight excluding hydrogens is 416 g/mol. The van der Waals surface area contributed by atoms with Crippen LogP contribution in [0.3, 0.4) is 0 Å². The summed E-state index contributed by atoms with van der Waals surface area (Å²) in [6.07, 6.45) is 28.1. The summed E-state index contributed by atoms with van der Waals surface area (Å²) in [5.41, 5.74) is 5.63. The molecule has 1 aliphatic rings. The number of hydrogen-bond donors (Lipinski definition) is 1. The van der Waals surface area contributed by atoms with Crippen molar-refractivity contribution in [3.05, 3.63) is 58.7 Å². The second-order valence-corrected chi connectivity index (χ2v) is 11.0. The van der Waals surface area contributed by atoms with Crippen molar-refractivity contribution in [3.8, 4) is 0 Å². The van der Waals surface area contributed by atoms with E-state index in [1.165, 1.54) is 74.5 Å². The molecule has 0 amide bonds. The van der Waals surface area contributed by atoms with Crippen LogP contribution in [0.1, 0.15) is 125 Å². The SMILES string of the molecule is CCCCCCCCCCC(CC=C(C)C=CC=C(C)C=CC1=C(C)CCCC1(C)C)C(=O)O. The summed E-state index contributed by atoms with van der Waals surface area (Å²) in [5, 5.41) is 9.59. The molecule has 0 fully saturated rings. The molecule has 1 N–H and O–H groups in total. The predicted molar refractivity (Wildman–Crippen MR) is 149 cm³/mol. The van der Waals surface area contributed by atoms with Gasteiger partial charge in [0, 0.05) is 0 Å². The van der Waals surface area contributed by atoms with Gasteiger partial charge in [0.05, 0.1) is 5.92 Å². The number of carbonyl (C=O) groups is 1. The summed E-state index contributed by atoms with van der Waals surface area (Å²) in [5.74, 6) is -0.925. The summed E-state index contributed by atoms with van der Waals surface area (Å²) in [6.45, 7) is 13.4. The van der Waals surface area contributed by atoms with Gasteiger partial charge in [-0.05, 0) is 63.9 Å². The third-order valence-electron chi connectivity index (χ3n) is 7.25. The zero-order valence-corrected chi connectivity index (χ0v) is 23.1. The third-order valence-corrected chi connectivity index (χ3v) is 7.25. The van der Waals surface area contributed by atoms with Crippen LogP contribution in [0.25, 0.3) is 0 Å². The van der Waals surface area contributed by atoms with Gasteiger partial charge in [0.2, 0.25) is 0 Å². The van der Waals surface area contributed by atoms with E-state index in [0.29, 0.717) is 6.42 Å². The molecule has 0 bridgehead atoms. The van der Waals surface area contributed by atoms with Crippen LogP contribution in [-0.2, 0) is 4.79 Å². The minimum atomic E-state index is -0.660. The van der Waals surface area contributed by atoms with Gasteiger partial charge in [-0.1, -0.05) is 125 Å². The Bertz CT molecular complexity index is 758. The van der Waals surface area contributed by atoms with E-state index in [-0.39, 0.29) is 11.3 Å². The number of rotatable bonds is 16. The van der Waals surface area contributed by atoms with E-state index < -0.39 is 5.97 Å². The lowest BCUT2D eigenvalue weighted by molar-refractivity contribution is -0.141. The number of aliphatic carboxylic acids is 1. The van der Waals surface area contributed by atoms with E-state index in [0.717, 1.165) is 24.8 Å². The molecule has 0 spiro atoms. The number of unbranched alkanes of at least 4 members (excludes halogenated alkanes) is 7. The molecule has 0 aliphatic heterocycles. The number of allylic oxidation sites excluding steroid dienone is 10. The highest BCUT2D eigenvalue weighted by atomic mass is 16.4. The summed E-state index contributed by atoms with van der Waals surface area (Å²) >= 11 is 0. The molecule has 34 heavy (non-hydrogen) atoms. The molecule has 0 aromatic rings. The molecule has 0 aromatic heterocycles. The Morgan fingerprint density at radius 1 is 1.00 bits per heavy atom. The standard InChI is InChI=1S/C32H52O2/c1-7-8-9-10-11-12-13-14-20-29(31(33)34)23-21-26(2)17-15-18-27(3)22-24-30-28(4)19-16-25-32(30,5)6/h15,17-18,21-22,24,29H,7-14,16,19-20,23,25H2,1-6H3,(H,33,34). The van der Waals surface area contributed by atoms with Gasteiger partial charge in [-0.15, -0.1) is 0 Å². The van der Waals surface area contributed by atoms with Crippen LogP contribution in [-0.4, -0.2) is 11.1 Å². The first-order valence-electron chi connectivity index (χ1n) is 13.8. The normalized spacial score (nSPS) is 18.3. The lowest BCUT2D eigenvalue weighted by Gasteiger charge is -2.32. The van der Waals surface area contributed by atoms with Crippen LogP contribution in [0, 0.1) is 11.3 Å². The molecule has 192 valence electrons. The van der Waals surface area contributed by atoms with Gasteiger partial charge in [-0.2, -0.15) is 0 Å². The lowest BCUT2D eigenvalue weighted by atomic mass is 9.72. The van der Waals surface area contributed by atoms with Gasteiger partial charge < -0.3 is 5.11 Å². The maximum Gasteiger partial charge on any atom is 0.306 e. The molecule has 1 rings (SSSR count). The van der Waals surface area contributed by atoms with Crippen LogP contribution < -0.4 is 0 Å². The largest absolute Gasteiger partial charge is 0.481 e. The van der Waals surface area contributed by atoms with Crippen molar-refractivity contribution in [2.45, 2.75) is 125 Å². The maximum atomic E-state index is 11.7. The highest BCUT2D eigenvalue weighted by molar-refractivity contribution is 5.70. The van der Waals surface area contributed by atoms with Gasteiger partial charge >= 0.3 is 5.97 Å². The fourth-order valence-electron chi connectivity index (χ4n) is 4.90. The monoisotopic (exact) mass is 468 g/mol. The molecule has 1 aliphatic carbocycles. The Labute approximate surface area is 211 Å². The molecule has 0 saturated carbocycles. The fourth-order valence-corrected chi connectivity index (χ4v) is 4.90. The van der Waals surface area contributed by atoms with E-state index in [1.54, 1.807) is 0 Å². The van der Waals surface area contributed by atoms with Gasteiger partial charge in [0.25, 0.3) is 0 Å². The smallest absolute Gasteiger partial charge is 0.306 e. The van der Waals surface area contributed by atoms with Crippen LogP contribution in [0.2, 0.25) is 0 Å². The average molecular weight is 469 g/mol. The van der Waals surface area contributed by atoms with Crippen LogP contribution in [0.4, 0.5) is 0 Å². The van der Waals surface area contributed by atoms with Crippen LogP contribution in [0.5, 0.6) is 0 Å². The second-order valence-electron chi connectivity index (χ2n) is 11.0. The zero-order valence-electron chi connectivity index (χ0n) is 23.1. The maximum absolute atomic E-state index is 11.7. The van der Waals surface area contributed by atoms with Crippen molar-refractivity contribution >= 4 is 5.97 Å². The van der Waals surface area contributed by atoms with Crippen molar-refractivity contribution in [1.29, 1.82) is 0 Å². The van der Waals surface area contributed by atoms with Gasteiger partial charge in [-0.25, -0.2) is 0 Å². The van der Waals surface area contributed by atoms with Gasteiger partial charge in [0.15, 0.2) is 0 Å². The van der Waals surface area contributed by atoms with E-state index in [1.807, 2.05) is 0 Å². The highest BCUT2D eigenvalue weighted by Gasteiger charge is 2.26. The molecule has 2 nitrogen and oxygen atoms in total. The van der Waals surface area contributed by atoms with E-state index in [9.17, 15) is 9.90 Å². The van der Waals surface area contributed by atoms with Crippen molar-refractivity contribution in [1.82, 2.24) is 0 Å². The molecule has 0 aromatic carbocycles. The quantitative estimate of drug-likeness (QED) is 0.181.